The van der Waals surface area contributed by atoms with Crippen molar-refractivity contribution in [3.8, 4) is 22.6 Å². The molecule has 6 heteroatoms. The quantitative estimate of drug-likeness (QED) is 0.200. The summed E-state index contributed by atoms with van der Waals surface area (Å²) in [5, 5.41) is 0. The smallest absolute Gasteiger partial charge is 0.292 e. The molecular weight excluding hydrogens is 506 g/mol. The van der Waals surface area contributed by atoms with Crippen molar-refractivity contribution in [2.45, 2.75) is 62.9 Å². The van der Waals surface area contributed by atoms with E-state index in [2.05, 4.69) is 88.8 Å². The number of methoxy groups -OCH3 is 1. The van der Waals surface area contributed by atoms with Crippen molar-refractivity contribution in [2.75, 3.05) is 26.8 Å². The van der Waals surface area contributed by atoms with Crippen molar-refractivity contribution in [2.24, 2.45) is 5.92 Å². The average molecular weight is 548 g/mol. The van der Waals surface area contributed by atoms with Crippen LogP contribution < -0.4 is 9.47 Å². The molecule has 5 nitrogen and oxygen atoms in total. The number of hydrogen-bond acceptors (Lipinski definition) is 6. The van der Waals surface area contributed by atoms with Crippen molar-refractivity contribution in [1.82, 2.24) is 4.31 Å². The first-order valence-electron chi connectivity index (χ1n) is 14.1. The number of aryl methyl sites for hydroxylation is 1. The highest BCUT2D eigenvalue weighted by molar-refractivity contribution is 7.97. The SMILES string of the molecule is COC=O.Cc1ccc(-c2ccc(OC3CCN(Sc4ccc(OCC5CCCCC5)cc4)CC3)cc2)cc1. The van der Waals surface area contributed by atoms with Gasteiger partial charge in [-0.25, -0.2) is 4.31 Å². The fourth-order valence-corrected chi connectivity index (χ4v) is 5.97. The molecule has 2 fully saturated rings. The minimum Gasteiger partial charge on any atom is -0.493 e. The lowest BCUT2D eigenvalue weighted by molar-refractivity contribution is -0.126. The first-order chi connectivity index (χ1) is 19.1. The monoisotopic (exact) mass is 547 g/mol. The Hall–Kier alpha value is -2.96. The highest BCUT2D eigenvalue weighted by Gasteiger charge is 2.21. The highest BCUT2D eigenvalue weighted by Crippen LogP contribution is 2.30. The third-order valence-corrected chi connectivity index (χ3v) is 8.41. The van der Waals surface area contributed by atoms with Crippen molar-refractivity contribution < 1.29 is 19.0 Å². The van der Waals surface area contributed by atoms with Crippen molar-refractivity contribution >= 4 is 18.4 Å². The lowest BCUT2D eigenvalue weighted by Crippen LogP contribution is -2.34. The number of nitrogens with zero attached hydrogens (tertiary/aromatic N) is 1. The van der Waals surface area contributed by atoms with Gasteiger partial charge in [-0.2, -0.15) is 0 Å². The molecule has 1 aliphatic carbocycles. The first kappa shape index (κ1) is 29.0. The number of benzene rings is 3. The molecule has 208 valence electrons. The van der Waals surface area contributed by atoms with Crippen LogP contribution in [0.25, 0.3) is 11.1 Å². The van der Waals surface area contributed by atoms with Gasteiger partial charge in [-0.05, 0) is 98.0 Å². The van der Waals surface area contributed by atoms with Gasteiger partial charge in [-0.1, -0.05) is 61.2 Å². The van der Waals surface area contributed by atoms with Gasteiger partial charge >= 0.3 is 0 Å². The van der Waals surface area contributed by atoms with E-state index < -0.39 is 0 Å². The van der Waals surface area contributed by atoms with Crippen molar-refractivity contribution in [3.05, 3.63) is 78.4 Å². The van der Waals surface area contributed by atoms with E-state index in [1.165, 1.54) is 60.8 Å². The van der Waals surface area contributed by atoms with E-state index in [9.17, 15) is 0 Å². The maximum Gasteiger partial charge on any atom is 0.292 e. The Balaban J connectivity index is 0.000000826. The van der Waals surface area contributed by atoms with Crippen LogP contribution >= 0.6 is 11.9 Å². The first-order valence-corrected chi connectivity index (χ1v) is 14.9. The summed E-state index contributed by atoms with van der Waals surface area (Å²) >= 11 is 1.85. The molecule has 39 heavy (non-hydrogen) atoms. The molecule has 0 atom stereocenters. The van der Waals surface area contributed by atoms with Crippen molar-refractivity contribution in [1.29, 1.82) is 0 Å². The van der Waals surface area contributed by atoms with Crippen LogP contribution in [0.15, 0.2) is 77.7 Å². The zero-order valence-corrected chi connectivity index (χ0v) is 24.0. The Morgan fingerprint density at radius 3 is 1.95 bits per heavy atom. The molecule has 1 aliphatic heterocycles. The Labute approximate surface area is 238 Å². The third-order valence-electron chi connectivity index (χ3n) is 7.31. The molecule has 3 aromatic carbocycles. The van der Waals surface area contributed by atoms with Gasteiger partial charge in [0.15, 0.2) is 0 Å². The van der Waals surface area contributed by atoms with E-state index in [4.69, 9.17) is 14.3 Å². The largest absolute Gasteiger partial charge is 0.493 e. The van der Waals surface area contributed by atoms with E-state index in [1.807, 2.05) is 11.9 Å². The second-order valence-electron chi connectivity index (χ2n) is 10.3. The summed E-state index contributed by atoms with van der Waals surface area (Å²) in [6.45, 7) is 5.44. The van der Waals surface area contributed by atoms with Crippen LogP contribution in [0.3, 0.4) is 0 Å². The van der Waals surface area contributed by atoms with Crippen LogP contribution in [0.2, 0.25) is 0 Å². The summed E-state index contributed by atoms with van der Waals surface area (Å²) in [6, 6.07) is 25.8. The van der Waals surface area contributed by atoms with Gasteiger partial charge in [0.1, 0.15) is 17.6 Å². The molecule has 1 heterocycles. The minimum atomic E-state index is 0.285. The van der Waals surface area contributed by atoms with E-state index >= 15 is 0 Å². The lowest BCUT2D eigenvalue weighted by atomic mass is 9.90. The maximum absolute atomic E-state index is 8.95. The van der Waals surface area contributed by atoms with Gasteiger partial charge in [-0.15, -0.1) is 0 Å². The van der Waals surface area contributed by atoms with Gasteiger partial charge in [0.25, 0.3) is 6.47 Å². The summed E-state index contributed by atoms with van der Waals surface area (Å²) < 4.78 is 18.7. The molecule has 1 saturated heterocycles. The average Bonchev–Trinajstić information content (AvgIpc) is 2.99. The highest BCUT2D eigenvalue weighted by atomic mass is 32.2. The normalized spacial score (nSPS) is 16.6. The van der Waals surface area contributed by atoms with Crippen molar-refractivity contribution in [3.63, 3.8) is 0 Å². The van der Waals surface area contributed by atoms with Gasteiger partial charge in [0.05, 0.1) is 13.7 Å². The Kier molecular flexibility index (Phi) is 11.6. The van der Waals surface area contributed by atoms with Crippen LogP contribution in [0, 0.1) is 12.8 Å². The molecule has 0 radical (unpaired) electrons. The summed E-state index contributed by atoms with van der Waals surface area (Å²) in [4.78, 5) is 10.2. The van der Waals surface area contributed by atoms with Crippen LogP contribution in [0.4, 0.5) is 0 Å². The molecule has 1 saturated carbocycles. The summed E-state index contributed by atoms with van der Waals surface area (Å²) in [5.74, 6) is 2.71. The van der Waals surface area contributed by atoms with E-state index in [0.717, 1.165) is 50.0 Å². The molecular formula is C33H41NO4S. The number of ether oxygens (including phenoxy) is 3. The van der Waals surface area contributed by atoms with Crippen LogP contribution in [0.1, 0.15) is 50.5 Å². The lowest BCUT2D eigenvalue weighted by Gasteiger charge is -2.31. The number of carbonyl (C=O) groups is 1. The zero-order valence-electron chi connectivity index (χ0n) is 23.2. The van der Waals surface area contributed by atoms with E-state index in [-0.39, 0.29) is 6.10 Å². The molecule has 2 aliphatic rings. The summed E-state index contributed by atoms with van der Waals surface area (Å²) in [7, 11) is 1.31. The predicted molar refractivity (Wildman–Crippen MR) is 159 cm³/mol. The summed E-state index contributed by atoms with van der Waals surface area (Å²) in [5.41, 5.74) is 3.76. The van der Waals surface area contributed by atoms with Gasteiger partial charge in [0.2, 0.25) is 0 Å². The molecule has 0 bridgehead atoms. The number of rotatable bonds is 9. The summed E-state index contributed by atoms with van der Waals surface area (Å²) in [6.07, 6.45) is 9.17. The van der Waals surface area contributed by atoms with Gasteiger partial charge in [-0.3, -0.25) is 4.79 Å². The molecule has 0 unspecified atom stereocenters. The number of hydrogen-bond donors (Lipinski definition) is 0. The molecule has 0 spiro atoms. The molecule has 3 aromatic rings. The Bertz CT molecular complexity index is 1100. The second-order valence-corrected chi connectivity index (χ2v) is 11.5. The molecule has 0 N–H and O–H groups in total. The number of piperidine rings is 1. The van der Waals surface area contributed by atoms with Crippen LogP contribution in [-0.4, -0.2) is 43.7 Å². The molecule has 5 rings (SSSR count). The topological polar surface area (TPSA) is 48.0 Å². The van der Waals surface area contributed by atoms with Crippen LogP contribution in [0.5, 0.6) is 11.5 Å². The fraction of sp³-hybridized carbons (Fsp3) is 0.424. The zero-order chi connectivity index (χ0) is 27.3. The second kappa shape index (κ2) is 15.6. The van der Waals surface area contributed by atoms with E-state index in [0.29, 0.717) is 6.47 Å². The fourth-order valence-electron chi connectivity index (χ4n) is 5.02. The maximum atomic E-state index is 8.95. The van der Waals surface area contributed by atoms with E-state index in [1.54, 1.807) is 0 Å². The Morgan fingerprint density at radius 2 is 1.36 bits per heavy atom. The molecule has 0 amide bonds. The number of carbonyl (C=O) groups excluding carboxylic acids is 1. The Morgan fingerprint density at radius 1 is 0.795 bits per heavy atom. The molecule has 0 aromatic heterocycles. The third kappa shape index (κ3) is 9.63. The predicted octanol–water partition coefficient (Wildman–Crippen LogP) is 7.96. The van der Waals surface area contributed by atoms with Gasteiger partial charge < -0.3 is 14.2 Å². The van der Waals surface area contributed by atoms with Gasteiger partial charge in [0, 0.05) is 18.0 Å². The minimum absolute atomic E-state index is 0.285. The standard InChI is InChI=1S/C31H37NO2S.C2H4O2/c1-24-7-9-26(10-8-24)27-11-13-29(14-12-27)34-30-19-21-32(22-20-30)35-31-17-15-28(16-18-31)33-23-25-5-3-2-4-6-25;1-4-2-3/h7-18,25,30H,2-6,19-23H2,1H3;2H,1H3. The van der Waals surface area contributed by atoms with Crippen LogP contribution in [-0.2, 0) is 9.53 Å².